The minimum atomic E-state index is -0.126. The van der Waals surface area contributed by atoms with Gasteiger partial charge in [0.1, 0.15) is 0 Å². The van der Waals surface area contributed by atoms with Gasteiger partial charge in [0.15, 0.2) is 14.1 Å². The van der Waals surface area contributed by atoms with Gasteiger partial charge in [-0.25, -0.2) is 4.68 Å². The molecule has 0 unspecified atom stereocenters. The van der Waals surface area contributed by atoms with Crippen LogP contribution >= 0.6 is 46.9 Å². The average molecular weight is 399 g/mol. The Bertz CT molecular complexity index is 893. The Labute approximate surface area is 158 Å². The Balaban J connectivity index is 1.73. The molecule has 0 atom stereocenters. The minimum Gasteiger partial charge on any atom is -0.338 e. The van der Waals surface area contributed by atoms with Gasteiger partial charge in [0.05, 0.1) is 11.4 Å². The summed E-state index contributed by atoms with van der Waals surface area (Å²) in [4.78, 5) is 4.42. The van der Waals surface area contributed by atoms with Crippen LogP contribution < -0.4 is 0 Å². The number of aromatic nitrogens is 4. The van der Waals surface area contributed by atoms with Gasteiger partial charge in [-0.05, 0) is 36.5 Å². The van der Waals surface area contributed by atoms with Crippen LogP contribution in [-0.2, 0) is 11.2 Å². The van der Waals surface area contributed by atoms with Crippen molar-refractivity contribution in [3.8, 4) is 5.69 Å². The zero-order valence-corrected chi connectivity index (χ0v) is 16.5. The summed E-state index contributed by atoms with van der Waals surface area (Å²) in [6, 6.07) is 7.41. The molecule has 0 amide bonds. The molecule has 0 N–H and O–H groups in total. The summed E-state index contributed by atoms with van der Waals surface area (Å²) in [5.74, 6) is 1.85. The maximum absolute atomic E-state index is 5.92. The lowest BCUT2D eigenvalue weighted by Crippen LogP contribution is -2.13. The summed E-state index contributed by atoms with van der Waals surface area (Å²) in [5, 5.41) is 9.25. The van der Waals surface area contributed by atoms with Crippen molar-refractivity contribution in [3.63, 3.8) is 0 Å². The predicted molar refractivity (Wildman–Crippen MR) is 99.8 cm³/mol. The molecule has 0 saturated heterocycles. The van der Waals surface area contributed by atoms with E-state index in [-0.39, 0.29) is 5.41 Å². The molecular weight excluding hydrogens is 384 g/mol. The van der Waals surface area contributed by atoms with Crippen LogP contribution in [0.5, 0.6) is 0 Å². The third kappa shape index (κ3) is 4.05. The molecule has 0 aliphatic carbocycles. The average Bonchev–Trinajstić information content (AvgIpc) is 3.12. The Morgan fingerprint density at radius 2 is 2.00 bits per heavy atom. The van der Waals surface area contributed by atoms with Gasteiger partial charge in [0, 0.05) is 10.4 Å². The van der Waals surface area contributed by atoms with E-state index in [1.54, 1.807) is 4.68 Å². The number of benzene rings is 1. The first-order chi connectivity index (χ1) is 11.3. The van der Waals surface area contributed by atoms with Crippen LogP contribution in [0.25, 0.3) is 5.69 Å². The third-order valence-electron chi connectivity index (χ3n) is 3.06. The van der Waals surface area contributed by atoms with Gasteiger partial charge in [-0.15, -0.1) is 5.10 Å². The van der Waals surface area contributed by atoms with Gasteiger partial charge in [0.25, 0.3) is 0 Å². The second kappa shape index (κ2) is 6.95. The van der Waals surface area contributed by atoms with Crippen molar-refractivity contribution in [1.82, 2.24) is 19.9 Å². The molecule has 0 saturated carbocycles. The summed E-state index contributed by atoms with van der Waals surface area (Å²) in [6.45, 7) is 6.15. The molecular formula is C15H15ClN4OS3. The monoisotopic (exact) mass is 398 g/mol. The zero-order valence-electron chi connectivity index (χ0n) is 13.3. The van der Waals surface area contributed by atoms with Gasteiger partial charge in [0.2, 0.25) is 5.89 Å². The molecule has 2 heterocycles. The fraction of sp³-hybridized carbons (Fsp3) is 0.333. The van der Waals surface area contributed by atoms with Crippen molar-refractivity contribution >= 4 is 46.9 Å². The van der Waals surface area contributed by atoms with Crippen LogP contribution in [0.1, 0.15) is 32.5 Å². The Hall–Kier alpha value is -1.22. The van der Waals surface area contributed by atoms with Crippen LogP contribution in [0.2, 0.25) is 5.02 Å². The van der Waals surface area contributed by atoms with Crippen molar-refractivity contribution in [3.05, 3.63) is 45.0 Å². The molecule has 2 aromatic heterocycles. The first-order valence-electron chi connectivity index (χ1n) is 7.15. The number of nitrogens with zero attached hydrogens (tertiary/aromatic N) is 4. The Kier molecular flexibility index (Phi) is 5.10. The van der Waals surface area contributed by atoms with E-state index in [0.29, 0.717) is 26.4 Å². The van der Waals surface area contributed by atoms with E-state index in [2.05, 4.69) is 15.2 Å². The number of thioether (sulfide) groups is 1. The van der Waals surface area contributed by atoms with Crippen LogP contribution in [-0.4, -0.2) is 19.9 Å². The maximum Gasteiger partial charge on any atom is 0.237 e. The highest BCUT2D eigenvalue weighted by Crippen LogP contribution is 2.28. The first kappa shape index (κ1) is 17.6. The summed E-state index contributed by atoms with van der Waals surface area (Å²) in [6.07, 6.45) is 0. The van der Waals surface area contributed by atoms with Gasteiger partial charge in [-0.3, -0.25) is 0 Å². The molecule has 0 fully saturated rings. The standard InChI is InChI=1S/C15H15ClN4OS3/c1-15(2,3)12-17-11(21-19-12)8-23-13-18-20(14(22)24-13)10-6-4-9(16)5-7-10/h4-7H,8H2,1-3H3. The Morgan fingerprint density at radius 3 is 2.62 bits per heavy atom. The number of halogens is 1. The molecule has 24 heavy (non-hydrogen) atoms. The number of hydrogen-bond donors (Lipinski definition) is 0. The molecule has 3 aromatic rings. The zero-order chi connectivity index (χ0) is 17.3. The lowest BCUT2D eigenvalue weighted by molar-refractivity contribution is 0.373. The van der Waals surface area contributed by atoms with Gasteiger partial charge < -0.3 is 4.52 Å². The van der Waals surface area contributed by atoms with E-state index >= 15 is 0 Å². The van der Waals surface area contributed by atoms with Crippen molar-refractivity contribution in [2.24, 2.45) is 0 Å². The van der Waals surface area contributed by atoms with E-state index in [9.17, 15) is 0 Å². The van der Waals surface area contributed by atoms with Gasteiger partial charge in [-0.1, -0.05) is 60.6 Å². The highest BCUT2D eigenvalue weighted by atomic mass is 35.5. The summed E-state index contributed by atoms with van der Waals surface area (Å²) >= 11 is 14.3. The third-order valence-corrected chi connectivity index (χ3v) is 5.66. The number of hydrogen-bond acceptors (Lipinski definition) is 7. The smallest absolute Gasteiger partial charge is 0.237 e. The second-order valence-corrected chi connectivity index (χ2v) is 9.35. The van der Waals surface area contributed by atoms with E-state index in [0.717, 1.165) is 10.0 Å². The predicted octanol–water partition coefficient (Wildman–Crippen LogP) is 5.29. The SMILES string of the molecule is CC(C)(C)c1noc(CSc2nn(-c3ccc(Cl)cc3)c(=S)s2)n1. The lowest BCUT2D eigenvalue weighted by Gasteiger charge is -2.10. The Morgan fingerprint density at radius 1 is 1.29 bits per heavy atom. The molecule has 0 spiro atoms. The van der Waals surface area contributed by atoms with Crippen molar-refractivity contribution in [2.45, 2.75) is 36.3 Å². The highest BCUT2D eigenvalue weighted by molar-refractivity contribution is 8.00. The highest BCUT2D eigenvalue weighted by Gasteiger charge is 2.21. The normalized spacial score (nSPS) is 11.8. The molecule has 3 rings (SSSR count). The van der Waals surface area contributed by atoms with Gasteiger partial charge >= 0.3 is 0 Å². The van der Waals surface area contributed by atoms with E-state index in [4.69, 9.17) is 28.3 Å². The van der Waals surface area contributed by atoms with Crippen molar-refractivity contribution in [2.75, 3.05) is 0 Å². The van der Waals surface area contributed by atoms with E-state index in [1.807, 2.05) is 45.0 Å². The fourth-order valence-corrected chi connectivity index (χ4v) is 4.13. The summed E-state index contributed by atoms with van der Waals surface area (Å²) in [7, 11) is 0. The summed E-state index contributed by atoms with van der Waals surface area (Å²) in [5.41, 5.74) is 0.763. The summed E-state index contributed by atoms with van der Waals surface area (Å²) < 4.78 is 8.56. The molecule has 0 radical (unpaired) electrons. The maximum atomic E-state index is 5.92. The van der Waals surface area contributed by atoms with Crippen LogP contribution in [0.4, 0.5) is 0 Å². The van der Waals surface area contributed by atoms with Gasteiger partial charge in [-0.2, -0.15) is 4.98 Å². The van der Waals surface area contributed by atoms with Crippen LogP contribution in [0.3, 0.4) is 0 Å². The molecule has 1 aromatic carbocycles. The molecule has 0 bridgehead atoms. The second-order valence-electron chi connectivity index (χ2n) is 6.07. The van der Waals surface area contributed by atoms with E-state index in [1.165, 1.54) is 23.1 Å². The quantitative estimate of drug-likeness (QED) is 0.439. The molecule has 5 nitrogen and oxygen atoms in total. The molecule has 126 valence electrons. The van der Waals surface area contributed by atoms with Crippen LogP contribution in [0, 0.1) is 3.95 Å². The largest absolute Gasteiger partial charge is 0.338 e. The molecule has 0 aliphatic rings. The molecule has 0 aliphatic heterocycles. The minimum absolute atomic E-state index is 0.126. The van der Waals surface area contributed by atoms with Crippen molar-refractivity contribution < 1.29 is 4.52 Å². The lowest BCUT2D eigenvalue weighted by atomic mass is 9.96. The first-order valence-corrected chi connectivity index (χ1v) is 9.74. The molecule has 9 heteroatoms. The number of rotatable bonds is 4. The fourth-order valence-electron chi connectivity index (χ4n) is 1.81. The van der Waals surface area contributed by atoms with Crippen LogP contribution in [0.15, 0.2) is 33.1 Å². The topological polar surface area (TPSA) is 56.7 Å². The van der Waals surface area contributed by atoms with E-state index < -0.39 is 0 Å². The van der Waals surface area contributed by atoms with Crippen molar-refractivity contribution in [1.29, 1.82) is 0 Å².